The second-order valence-electron chi connectivity index (χ2n) is 2.64. The number of aliphatic hydroxyl groups is 2. The molecule has 1 aliphatic heterocycles. The summed E-state index contributed by atoms with van der Waals surface area (Å²) >= 11 is 0. The van der Waals surface area contributed by atoms with E-state index in [1.54, 1.807) is 6.92 Å². The van der Waals surface area contributed by atoms with Gasteiger partial charge in [-0.25, -0.2) is 0 Å². The van der Waals surface area contributed by atoms with Crippen molar-refractivity contribution in [1.29, 1.82) is 0 Å². The first-order chi connectivity index (χ1) is 5.10. The molecule has 0 aromatic carbocycles. The lowest BCUT2D eigenvalue weighted by molar-refractivity contribution is 0.0698. The van der Waals surface area contributed by atoms with Gasteiger partial charge >= 0.3 is 0 Å². The number of rotatable bonds is 2. The van der Waals surface area contributed by atoms with Crippen LogP contribution < -0.4 is 0 Å². The van der Waals surface area contributed by atoms with Crippen LogP contribution in [0.5, 0.6) is 0 Å². The summed E-state index contributed by atoms with van der Waals surface area (Å²) in [5.41, 5.74) is 0. The van der Waals surface area contributed by atoms with Crippen molar-refractivity contribution in [3.8, 4) is 0 Å². The van der Waals surface area contributed by atoms with Crippen molar-refractivity contribution < 1.29 is 19.3 Å². The van der Waals surface area contributed by atoms with Gasteiger partial charge in [0.15, 0.2) is 5.85 Å². The molecule has 4 nitrogen and oxygen atoms in total. The normalized spacial score (nSPS) is 44.6. The molecule has 5 heteroatoms. The Morgan fingerprint density at radius 3 is 2.64 bits per heavy atom. The first-order valence-electron chi connectivity index (χ1n) is 3.69. The van der Waals surface area contributed by atoms with Crippen LogP contribution in [0.1, 0.15) is 13.3 Å². The van der Waals surface area contributed by atoms with Gasteiger partial charge in [-0.1, -0.05) is 0 Å². The maximum Gasteiger partial charge on any atom is 0.233 e. The Balaban J connectivity index is 2.65. The van der Waals surface area contributed by atoms with E-state index in [0.717, 1.165) is 0 Å². The van der Waals surface area contributed by atoms with Crippen molar-refractivity contribution in [3.63, 3.8) is 0 Å². The summed E-state index contributed by atoms with van der Waals surface area (Å²) in [5.74, 6) is -1.16. The highest BCUT2D eigenvalue weighted by Gasteiger charge is 2.43. The van der Waals surface area contributed by atoms with Crippen LogP contribution >= 0.6 is 7.37 Å². The zero-order valence-corrected chi connectivity index (χ0v) is 7.33. The van der Waals surface area contributed by atoms with E-state index in [0.29, 0.717) is 19.2 Å². The van der Waals surface area contributed by atoms with Gasteiger partial charge in [0.1, 0.15) is 0 Å². The minimum atomic E-state index is -2.91. The van der Waals surface area contributed by atoms with Crippen molar-refractivity contribution in [2.24, 2.45) is 0 Å². The highest BCUT2D eigenvalue weighted by Crippen LogP contribution is 2.57. The van der Waals surface area contributed by atoms with Crippen LogP contribution in [0.4, 0.5) is 0 Å². The van der Waals surface area contributed by atoms with E-state index in [1.165, 1.54) is 0 Å². The third-order valence-corrected chi connectivity index (χ3v) is 4.56. The monoisotopic (exact) mass is 180 g/mol. The topological polar surface area (TPSA) is 66.8 Å². The standard InChI is InChI=1S/C6H13O4P/c1-2-10-11(9)4-3-5(7)6(11)8/h5-8H,2-4H2,1H3/t5-,6+,11+/m0/s1. The van der Waals surface area contributed by atoms with E-state index < -0.39 is 19.3 Å². The van der Waals surface area contributed by atoms with Crippen LogP contribution in [0.15, 0.2) is 0 Å². The molecule has 66 valence electrons. The van der Waals surface area contributed by atoms with E-state index in [4.69, 9.17) is 9.63 Å². The molecule has 0 radical (unpaired) electrons. The Morgan fingerprint density at radius 2 is 2.27 bits per heavy atom. The molecule has 11 heavy (non-hydrogen) atoms. The van der Waals surface area contributed by atoms with Gasteiger partial charge in [-0.3, -0.25) is 4.57 Å². The molecule has 0 bridgehead atoms. The van der Waals surface area contributed by atoms with Crippen LogP contribution in [0.25, 0.3) is 0 Å². The number of aliphatic hydroxyl groups excluding tert-OH is 2. The van der Waals surface area contributed by atoms with Crippen LogP contribution in [0.2, 0.25) is 0 Å². The zero-order valence-electron chi connectivity index (χ0n) is 6.43. The molecule has 2 N–H and O–H groups in total. The van der Waals surface area contributed by atoms with Crippen molar-refractivity contribution in [2.45, 2.75) is 25.3 Å². The van der Waals surface area contributed by atoms with Crippen LogP contribution in [-0.2, 0) is 9.09 Å². The first kappa shape index (κ1) is 9.20. The van der Waals surface area contributed by atoms with Crippen molar-refractivity contribution in [1.82, 2.24) is 0 Å². The number of hydrogen-bond acceptors (Lipinski definition) is 4. The predicted octanol–water partition coefficient (Wildman–Crippen LogP) is 0.384. The van der Waals surface area contributed by atoms with E-state index >= 15 is 0 Å². The zero-order chi connectivity index (χ0) is 8.48. The molecular formula is C6H13O4P. The summed E-state index contributed by atoms with van der Waals surface area (Å²) in [6.45, 7) is 2.04. The smallest absolute Gasteiger partial charge is 0.233 e. The Bertz CT molecular complexity index is 175. The first-order valence-corrected chi connectivity index (χ1v) is 5.57. The fourth-order valence-electron chi connectivity index (χ4n) is 1.22. The Kier molecular flexibility index (Phi) is 2.70. The van der Waals surface area contributed by atoms with Crippen LogP contribution in [0, 0.1) is 0 Å². The molecule has 0 aromatic rings. The molecule has 1 aliphatic rings. The highest BCUT2D eigenvalue weighted by atomic mass is 31.2. The fraction of sp³-hybridized carbons (Fsp3) is 1.00. The van der Waals surface area contributed by atoms with Gasteiger partial charge in [0.2, 0.25) is 7.37 Å². The third-order valence-electron chi connectivity index (χ3n) is 1.83. The molecule has 0 spiro atoms. The van der Waals surface area contributed by atoms with Crippen molar-refractivity contribution in [2.75, 3.05) is 12.8 Å². The lowest BCUT2D eigenvalue weighted by Gasteiger charge is -2.16. The lowest BCUT2D eigenvalue weighted by Crippen LogP contribution is -2.18. The van der Waals surface area contributed by atoms with Crippen molar-refractivity contribution >= 4 is 7.37 Å². The predicted molar refractivity (Wildman–Crippen MR) is 40.7 cm³/mol. The van der Waals surface area contributed by atoms with Crippen LogP contribution in [-0.4, -0.2) is 34.9 Å². The minimum Gasteiger partial charge on any atom is -0.390 e. The second-order valence-corrected chi connectivity index (χ2v) is 5.32. The molecule has 0 unspecified atom stereocenters. The molecular weight excluding hydrogens is 167 g/mol. The van der Waals surface area contributed by atoms with Gasteiger partial charge in [0.25, 0.3) is 0 Å². The van der Waals surface area contributed by atoms with Crippen molar-refractivity contribution in [3.05, 3.63) is 0 Å². The fourth-order valence-corrected chi connectivity index (χ4v) is 3.50. The van der Waals surface area contributed by atoms with Gasteiger partial charge in [0, 0.05) is 6.16 Å². The Morgan fingerprint density at radius 1 is 1.64 bits per heavy atom. The molecule has 0 aromatic heterocycles. The summed E-state index contributed by atoms with van der Waals surface area (Å²) < 4.78 is 16.4. The average Bonchev–Trinajstić information content (AvgIpc) is 2.19. The SMILES string of the molecule is CCO[P@]1(=O)CC[C@H](O)[C@@H]1O. The largest absolute Gasteiger partial charge is 0.390 e. The molecule has 0 saturated carbocycles. The van der Waals surface area contributed by atoms with Gasteiger partial charge in [-0.15, -0.1) is 0 Å². The third kappa shape index (κ3) is 1.64. The summed E-state index contributed by atoms with van der Waals surface area (Å²) in [6.07, 6.45) is -0.200. The van der Waals surface area contributed by atoms with E-state index in [9.17, 15) is 9.67 Å². The lowest BCUT2D eigenvalue weighted by atomic mass is 10.3. The minimum absolute atomic E-state index is 0.295. The quantitative estimate of drug-likeness (QED) is 0.603. The van der Waals surface area contributed by atoms with Gasteiger partial charge in [-0.05, 0) is 13.3 Å². The van der Waals surface area contributed by atoms with Gasteiger partial charge in [0.05, 0.1) is 12.7 Å². The molecule has 1 fully saturated rings. The Hall–Kier alpha value is 0.110. The second kappa shape index (κ2) is 3.23. The van der Waals surface area contributed by atoms with E-state index in [1.807, 2.05) is 0 Å². The number of hydrogen-bond donors (Lipinski definition) is 2. The summed E-state index contributed by atoms with van der Waals surface area (Å²) in [6, 6.07) is 0. The molecule has 3 atom stereocenters. The molecule has 0 aliphatic carbocycles. The maximum atomic E-state index is 11.5. The maximum absolute atomic E-state index is 11.5. The van der Waals surface area contributed by atoms with E-state index in [-0.39, 0.29) is 0 Å². The molecule has 1 saturated heterocycles. The summed E-state index contributed by atoms with van der Waals surface area (Å²) in [5, 5.41) is 18.3. The summed E-state index contributed by atoms with van der Waals surface area (Å²) in [4.78, 5) is 0. The average molecular weight is 180 g/mol. The van der Waals surface area contributed by atoms with Gasteiger partial charge in [-0.2, -0.15) is 0 Å². The van der Waals surface area contributed by atoms with E-state index in [2.05, 4.69) is 0 Å². The highest BCUT2D eigenvalue weighted by molar-refractivity contribution is 7.59. The van der Waals surface area contributed by atoms with Crippen LogP contribution in [0.3, 0.4) is 0 Å². The summed E-state index contributed by atoms with van der Waals surface area (Å²) in [7, 11) is -2.91. The molecule has 0 amide bonds. The molecule has 1 heterocycles. The Labute approximate surface area is 65.6 Å². The molecule has 1 rings (SSSR count). The van der Waals surface area contributed by atoms with Gasteiger partial charge < -0.3 is 14.7 Å².